The van der Waals surface area contributed by atoms with Crippen LogP contribution in [0.15, 0.2) is 48.2 Å². The van der Waals surface area contributed by atoms with Gasteiger partial charge in [-0.25, -0.2) is 4.79 Å². The summed E-state index contributed by atoms with van der Waals surface area (Å²) in [4.78, 5) is 20.3. The molecule has 169 valence electrons. The van der Waals surface area contributed by atoms with E-state index in [1.807, 2.05) is 9.80 Å². The first-order valence-corrected chi connectivity index (χ1v) is 11.9. The number of likely N-dealkylation sites (N-methyl/N-ethyl adjacent to an activating group) is 1. The number of amides is 2. The fraction of sp³-hybridized carbons (Fsp3) is 0.462. The van der Waals surface area contributed by atoms with E-state index < -0.39 is 0 Å². The summed E-state index contributed by atoms with van der Waals surface area (Å²) >= 11 is 0. The van der Waals surface area contributed by atoms with Crippen molar-refractivity contribution in [3.63, 3.8) is 0 Å². The molecule has 6 nitrogen and oxygen atoms in total. The largest absolute Gasteiger partial charge is 0.366 e. The molecule has 0 spiro atoms. The first-order valence-electron chi connectivity index (χ1n) is 11.9. The van der Waals surface area contributed by atoms with Crippen LogP contribution in [0.2, 0.25) is 0 Å². The molecule has 3 heterocycles. The predicted molar refractivity (Wildman–Crippen MR) is 130 cm³/mol. The van der Waals surface area contributed by atoms with E-state index in [9.17, 15) is 4.79 Å². The van der Waals surface area contributed by atoms with Crippen molar-refractivity contribution in [2.24, 2.45) is 5.92 Å². The van der Waals surface area contributed by atoms with E-state index in [0.717, 1.165) is 80.9 Å². The van der Waals surface area contributed by atoms with Crippen LogP contribution in [0.3, 0.4) is 0 Å². The van der Waals surface area contributed by atoms with Crippen LogP contribution in [0.5, 0.6) is 0 Å². The average molecular weight is 433 g/mol. The Balaban J connectivity index is 1.51. The van der Waals surface area contributed by atoms with Crippen molar-refractivity contribution in [3.05, 3.63) is 60.6 Å². The van der Waals surface area contributed by atoms with Crippen LogP contribution >= 0.6 is 0 Å². The molecule has 2 aromatic carbocycles. The lowest BCUT2D eigenvalue weighted by molar-refractivity contribution is 0.122. The molecule has 6 heteroatoms. The summed E-state index contributed by atoms with van der Waals surface area (Å²) in [6, 6.07) is 14.8. The van der Waals surface area contributed by atoms with Crippen LogP contribution < -0.4 is 10.6 Å². The molecule has 2 amide bonds. The number of hydrogen-bond acceptors (Lipinski definition) is 4. The molecule has 2 saturated heterocycles. The summed E-state index contributed by atoms with van der Waals surface area (Å²) in [7, 11) is 2.12. The summed E-state index contributed by atoms with van der Waals surface area (Å²) in [5.74, 6) is 0.608. The van der Waals surface area contributed by atoms with Gasteiger partial charge < -0.3 is 20.4 Å². The first-order chi connectivity index (χ1) is 15.6. The predicted octanol–water partition coefficient (Wildman–Crippen LogP) is 3.33. The minimum absolute atomic E-state index is 0.0493. The smallest absolute Gasteiger partial charge is 0.326 e. The summed E-state index contributed by atoms with van der Waals surface area (Å²) in [6.07, 6.45) is 3.22. The summed E-state index contributed by atoms with van der Waals surface area (Å²) in [5, 5.41) is 9.40. The minimum Gasteiger partial charge on any atom is -0.366 e. The van der Waals surface area contributed by atoms with Gasteiger partial charge in [-0.15, -0.1) is 0 Å². The van der Waals surface area contributed by atoms with Crippen molar-refractivity contribution in [1.82, 2.24) is 25.3 Å². The molecule has 1 unspecified atom stereocenters. The molecular formula is C26H34N5O. The Kier molecular flexibility index (Phi) is 6.07. The van der Waals surface area contributed by atoms with E-state index in [-0.39, 0.29) is 12.2 Å². The van der Waals surface area contributed by atoms with Gasteiger partial charge in [0.25, 0.3) is 0 Å². The van der Waals surface area contributed by atoms with Crippen molar-refractivity contribution in [2.45, 2.75) is 25.4 Å². The number of rotatable bonds is 3. The van der Waals surface area contributed by atoms with Crippen LogP contribution in [0.25, 0.3) is 16.5 Å². The molecule has 0 saturated carbocycles. The number of piperazine rings is 1. The fourth-order valence-electron chi connectivity index (χ4n) is 5.34. The Morgan fingerprint density at radius 3 is 2.53 bits per heavy atom. The number of fused-ring (bicyclic) bond motifs is 1. The quantitative estimate of drug-likeness (QED) is 0.781. The topological polar surface area (TPSA) is 50.9 Å². The van der Waals surface area contributed by atoms with E-state index in [1.54, 1.807) is 0 Å². The third-order valence-electron chi connectivity index (χ3n) is 7.22. The Hall–Kier alpha value is -2.57. The molecule has 0 aliphatic carbocycles. The molecule has 3 aliphatic heterocycles. The number of piperidine rings is 1. The van der Waals surface area contributed by atoms with Crippen molar-refractivity contribution < 1.29 is 4.79 Å². The van der Waals surface area contributed by atoms with Gasteiger partial charge in [0, 0.05) is 37.4 Å². The highest BCUT2D eigenvalue weighted by Gasteiger charge is 2.39. The normalized spacial score (nSPS) is 23.1. The second kappa shape index (κ2) is 9.12. The number of carbonyl (C=O) groups is 1. The van der Waals surface area contributed by atoms with Gasteiger partial charge in [-0.05, 0) is 63.0 Å². The number of nitrogens with one attached hydrogen (secondary N) is 2. The average Bonchev–Trinajstić information content (AvgIpc) is 3.14. The zero-order chi connectivity index (χ0) is 22.1. The lowest BCUT2D eigenvalue weighted by Crippen LogP contribution is -2.54. The number of allylic oxidation sites excluding steroid dienone is 1. The van der Waals surface area contributed by atoms with Crippen LogP contribution in [-0.2, 0) is 0 Å². The van der Waals surface area contributed by atoms with Crippen molar-refractivity contribution in [1.29, 1.82) is 0 Å². The summed E-state index contributed by atoms with van der Waals surface area (Å²) in [6.45, 7) is 9.85. The van der Waals surface area contributed by atoms with Crippen LogP contribution in [0, 0.1) is 12.8 Å². The zero-order valence-electron chi connectivity index (χ0n) is 19.0. The highest BCUT2D eigenvalue weighted by molar-refractivity contribution is 5.98. The van der Waals surface area contributed by atoms with E-state index >= 15 is 0 Å². The lowest BCUT2D eigenvalue weighted by atomic mass is 9.93. The van der Waals surface area contributed by atoms with Crippen molar-refractivity contribution >= 4 is 22.5 Å². The molecular weight excluding hydrogens is 398 g/mol. The Morgan fingerprint density at radius 2 is 1.75 bits per heavy atom. The summed E-state index contributed by atoms with van der Waals surface area (Å²) in [5.41, 5.74) is 2.86. The van der Waals surface area contributed by atoms with E-state index in [1.165, 1.54) is 5.39 Å². The van der Waals surface area contributed by atoms with E-state index in [4.69, 9.17) is 0 Å². The molecule has 2 fully saturated rings. The van der Waals surface area contributed by atoms with Gasteiger partial charge in [-0.3, -0.25) is 4.90 Å². The van der Waals surface area contributed by atoms with Crippen LogP contribution in [0.1, 0.15) is 24.8 Å². The molecule has 0 bridgehead atoms. The minimum atomic E-state index is -0.0493. The van der Waals surface area contributed by atoms with Gasteiger partial charge in [0.1, 0.15) is 6.17 Å². The maximum absolute atomic E-state index is 13.9. The van der Waals surface area contributed by atoms with E-state index in [0.29, 0.717) is 5.92 Å². The number of nitrogens with zero attached hydrogens (tertiary/aromatic N) is 3. The number of benzene rings is 2. The second-order valence-corrected chi connectivity index (χ2v) is 9.39. The maximum Gasteiger partial charge on any atom is 0.326 e. The van der Waals surface area contributed by atoms with Gasteiger partial charge in [-0.2, -0.15) is 0 Å². The third-order valence-corrected chi connectivity index (χ3v) is 7.22. The molecule has 3 aliphatic rings. The highest BCUT2D eigenvalue weighted by Crippen LogP contribution is 2.37. The highest BCUT2D eigenvalue weighted by atomic mass is 16.2. The van der Waals surface area contributed by atoms with Crippen molar-refractivity contribution in [2.75, 3.05) is 46.3 Å². The maximum atomic E-state index is 13.9. The molecule has 1 atom stereocenters. The third kappa shape index (κ3) is 4.09. The first kappa shape index (κ1) is 21.3. The van der Waals surface area contributed by atoms with Crippen LogP contribution in [-0.4, -0.2) is 73.2 Å². The number of urea groups is 1. The number of hydrogen-bond donors (Lipinski definition) is 2. The molecule has 5 rings (SSSR count). The second-order valence-electron chi connectivity index (χ2n) is 9.39. The monoisotopic (exact) mass is 432 g/mol. The molecule has 2 N–H and O–H groups in total. The fourth-order valence-corrected chi connectivity index (χ4v) is 5.34. The number of carbonyl (C=O) groups excluding carboxylic acids is 1. The zero-order valence-corrected chi connectivity index (χ0v) is 19.0. The molecule has 2 aromatic rings. The van der Waals surface area contributed by atoms with Gasteiger partial charge in [0.05, 0.1) is 5.70 Å². The van der Waals surface area contributed by atoms with Gasteiger partial charge in [-0.1, -0.05) is 42.5 Å². The van der Waals surface area contributed by atoms with Crippen molar-refractivity contribution in [3.8, 4) is 0 Å². The van der Waals surface area contributed by atoms with Gasteiger partial charge >= 0.3 is 6.03 Å². The van der Waals surface area contributed by atoms with Gasteiger partial charge in [0.15, 0.2) is 0 Å². The summed E-state index contributed by atoms with van der Waals surface area (Å²) < 4.78 is 0. The molecule has 1 radical (unpaired) electrons. The van der Waals surface area contributed by atoms with E-state index in [2.05, 4.69) is 72.0 Å². The van der Waals surface area contributed by atoms with Crippen LogP contribution in [0.4, 0.5) is 4.79 Å². The Labute approximate surface area is 191 Å². The lowest BCUT2D eigenvalue weighted by Gasteiger charge is -2.38. The molecule has 0 aromatic heterocycles. The Morgan fingerprint density at radius 1 is 1.03 bits per heavy atom. The molecule has 32 heavy (non-hydrogen) atoms. The van der Waals surface area contributed by atoms with Gasteiger partial charge in [0.2, 0.25) is 0 Å². The SMILES string of the molecule is [CH2]C1=C(c2cccc3ccccc23)N(C(=O)N2CCN(C)CC2)C(CC2CCNCC2)N1. The Bertz CT molecular complexity index is 999. The standard InChI is InChI=1S/C26H34N5O/c1-19-25(23-9-5-7-21-6-3-4-8-22(21)23)31(26(32)30-16-14-29(2)15-17-30)24(28-19)18-20-10-12-27-13-11-20/h3-9,20,24,27-28H,1,10-18H2,2H3.